The molecule has 0 spiro atoms. The molecule has 198 valence electrons. The van der Waals surface area contributed by atoms with Crippen LogP contribution < -0.4 is 4.90 Å². The maximum Gasteiger partial charge on any atom is 0.337 e. The number of rotatable bonds is 6. The molecule has 0 saturated heterocycles. The highest BCUT2D eigenvalue weighted by molar-refractivity contribution is 6.13. The maximum absolute atomic E-state index is 14.0. The molecule has 3 unspecified atom stereocenters. The molecule has 1 aliphatic heterocycles. The summed E-state index contributed by atoms with van der Waals surface area (Å²) in [6.07, 6.45) is 0.262. The number of aliphatic carboxylic acids is 1. The van der Waals surface area contributed by atoms with Crippen LogP contribution in [0.4, 0.5) is 11.4 Å². The number of carbonyl (C=O) groups is 4. The van der Waals surface area contributed by atoms with Gasteiger partial charge in [0.25, 0.3) is 0 Å². The molecule has 1 amide bonds. The van der Waals surface area contributed by atoms with Crippen molar-refractivity contribution in [2.45, 2.75) is 37.6 Å². The molecule has 8 heteroatoms. The Morgan fingerprint density at radius 2 is 1.59 bits per heavy atom. The Bertz CT molecular complexity index is 1450. The summed E-state index contributed by atoms with van der Waals surface area (Å²) in [7, 11) is 1.30. The van der Waals surface area contributed by atoms with Crippen molar-refractivity contribution in [3.05, 3.63) is 95.6 Å². The van der Waals surface area contributed by atoms with Crippen LogP contribution in [0.5, 0.6) is 0 Å². The lowest BCUT2D eigenvalue weighted by Gasteiger charge is -2.39. The minimum absolute atomic E-state index is 0.0419. The van der Waals surface area contributed by atoms with Crippen LogP contribution in [-0.2, 0) is 19.1 Å². The van der Waals surface area contributed by atoms with Crippen molar-refractivity contribution in [1.29, 1.82) is 0 Å². The van der Waals surface area contributed by atoms with Gasteiger partial charge in [0.2, 0.25) is 5.91 Å². The van der Waals surface area contributed by atoms with E-state index in [0.29, 0.717) is 34.6 Å². The highest BCUT2D eigenvalue weighted by atomic mass is 16.5. The Balaban J connectivity index is 1.65. The first-order valence-electron chi connectivity index (χ1n) is 12.8. The van der Waals surface area contributed by atoms with Gasteiger partial charge in [-0.1, -0.05) is 54.6 Å². The first kappa shape index (κ1) is 26.0. The SMILES string of the molecule is COC(=O)c1ccc(C2C3C(=O)CC(c4ccccc4)CC3=Nc3ccccc3N2C(=O)CCC(=O)O)cc1. The molecule has 8 nitrogen and oxygen atoms in total. The van der Waals surface area contributed by atoms with Crippen molar-refractivity contribution in [1.82, 2.24) is 0 Å². The third-order valence-electron chi connectivity index (χ3n) is 7.37. The number of anilines is 1. The molecule has 1 aliphatic carbocycles. The van der Waals surface area contributed by atoms with E-state index in [9.17, 15) is 24.3 Å². The fraction of sp³-hybridized carbons (Fsp3) is 0.258. The monoisotopic (exact) mass is 524 g/mol. The maximum atomic E-state index is 14.0. The number of para-hydroxylation sites is 2. The van der Waals surface area contributed by atoms with Gasteiger partial charge in [-0.05, 0) is 47.7 Å². The fourth-order valence-corrected chi connectivity index (χ4v) is 5.56. The summed E-state index contributed by atoms with van der Waals surface area (Å²) in [5.41, 5.74) is 3.79. The highest BCUT2D eigenvalue weighted by Crippen LogP contribution is 2.47. The molecular formula is C31H28N2O6. The van der Waals surface area contributed by atoms with Crippen LogP contribution in [0.25, 0.3) is 0 Å². The Hall–Kier alpha value is -4.59. The normalized spacial score (nSPS) is 20.2. The number of esters is 1. The Labute approximate surface area is 225 Å². The Morgan fingerprint density at radius 3 is 2.28 bits per heavy atom. The summed E-state index contributed by atoms with van der Waals surface area (Å²) in [4.78, 5) is 57.6. The van der Waals surface area contributed by atoms with Gasteiger partial charge in [0, 0.05) is 18.6 Å². The predicted molar refractivity (Wildman–Crippen MR) is 145 cm³/mol. The van der Waals surface area contributed by atoms with E-state index in [4.69, 9.17) is 9.73 Å². The molecule has 3 atom stereocenters. The summed E-state index contributed by atoms with van der Waals surface area (Å²) in [5, 5.41) is 9.28. The van der Waals surface area contributed by atoms with Gasteiger partial charge < -0.3 is 14.7 Å². The van der Waals surface area contributed by atoms with Gasteiger partial charge >= 0.3 is 11.9 Å². The number of carbonyl (C=O) groups excluding carboxylic acids is 3. The average Bonchev–Trinajstić information content (AvgIpc) is 3.10. The van der Waals surface area contributed by atoms with E-state index in [2.05, 4.69) is 0 Å². The van der Waals surface area contributed by atoms with Gasteiger partial charge in [-0.15, -0.1) is 0 Å². The summed E-state index contributed by atoms with van der Waals surface area (Å²) in [6.45, 7) is 0. The van der Waals surface area contributed by atoms with E-state index in [0.717, 1.165) is 5.56 Å². The van der Waals surface area contributed by atoms with Gasteiger partial charge in [0.1, 0.15) is 5.78 Å². The van der Waals surface area contributed by atoms with Gasteiger partial charge in [0.15, 0.2) is 0 Å². The Morgan fingerprint density at radius 1 is 0.897 bits per heavy atom. The van der Waals surface area contributed by atoms with Crippen LogP contribution in [0.2, 0.25) is 0 Å². The summed E-state index contributed by atoms with van der Waals surface area (Å²) < 4.78 is 4.83. The number of Topliss-reactive ketones (excluding diaryl/α,β-unsaturated/α-hetero) is 1. The molecule has 0 bridgehead atoms. The second-order valence-electron chi connectivity index (χ2n) is 9.77. The van der Waals surface area contributed by atoms with E-state index < -0.39 is 29.8 Å². The van der Waals surface area contributed by atoms with Crippen LogP contribution in [0.15, 0.2) is 83.9 Å². The standard InChI is InChI=1S/C31H28N2O6/c1-39-31(38)21-13-11-20(12-14-21)30-29-24(17-22(18-26(29)34)19-7-3-2-4-8-19)32-23-9-5-6-10-25(23)33(30)27(35)15-16-28(36)37/h2-14,22,29-30H,15-18H2,1H3,(H,36,37). The molecule has 1 heterocycles. The number of nitrogens with zero attached hydrogens (tertiary/aromatic N) is 2. The predicted octanol–water partition coefficient (Wildman–Crippen LogP) is 5.26. The van der Waals surface area contributed by atoms with Crippen LogP contribution in [0, 0.1) is 5.92 Å². The lowest BCUT2D eigenvalue weighted by atomic mass is 9.72. The van der Waals surface area contributed by atoms with E-state index in [1.807, 2.05) is 36.4 Å². The van der Waals surface area contributed by atoms with Gasteiger partial charge in [-0.2, -0.15) is 0 Å². The van der Waals surface area contributed by atoms with Crippen LogP contribution >= 0.6 is 0 Å². The quantitative estimate of drug-likeness (QED) is 0.440. The average molecular weight is 525 g/mol. The molecule has 2 aliphatic rings. The van der Waals surface area contributed by atoms with E-state index in [1.54, 1.807) is 42.5 Å². The van der Waals surface area contributed by atoms with Gasteiger partial charge in [-0.25, -0.2) is 4.79 Å². The number of hydrogen-bond donors (Lipinski definition) is 1. The van der Waals surface area contributed by atoms with Crippen molar-refractivity contribution in [3.8, 4) is 0 Å². The lowest BCUT2D eigenvalue weighted by Crippen LogP contribution is -2.45. The van der Waals surface area contributed by atoms with Crippen molar-refractivity contribution < 1.29 is 29.0 Å². The number of methoxy groups -OCH3 is 1. The minimum Gasteiger partial charge on any atom is -0.481 e. The number of amides is 1. The zero-order valence-electron chi connectivity index (χ0n) is 21.4. The number of ketones is 1. The molecule has 3 aromatic carbocycles. The Kier molecular flexibility index (Phi) is 7.36. The van der Waals surface area contributed by atoms with Crippen molar-refractivity contribution in [2.75, 3.05) is 12.0 Å². The van der Waals surface area contributed by atoms with E-state index in [-0.39, 0.29) is 31.0 Å². The third-order valence-corrected chi connectivity index (χ3v) is 7.37. The second-order valence-corrected chi connectivity index (χ2v) is 9.77. The number of fused-ring (bicyclic) bond motifs is 2. The van der Waals surface area contributed by atoms with Crippen molar-refractivity contribution in [3.63, 3.8) is 0 Å². The third kappa shape index (κ3) is 5.23. The van der Waals surface area contributed by atoms with Crippen LogP contribution in [0.1, 0.15) is 59.1 Å². The summed E-state index contributed by atoms with van der Waals surface area (Å²) in [6, 6.07) is 22.9. The molecule has 0 aromatic heterocycles. The minimum atomic E-state index is -1.08. The molecular weight excluding hydrogens is 496 g/mol. The van der Waals surface area contributed by atoms with Crippen LogP contribution in [0.3, 0.4) is 0 Å². The lowest BCUT2D eigenvalue weighted by molar-refractivity contribution is -0.138. The van der Waals surface area contributed by atoms with Crippen molar-refractivity contribution in [2.24, 2.45) is 10.9 Å². The number of hydrogen-bond acceptors (Lipinski definition) is 6. The zero-order chi connectivity index (χ0) is 27.5. The van der Waals surface area contributed by atoms with Gasteiger partial charge in [-0.3, -0.25) is 19.4 Å². The smallest absolute Gasteiger partial charge is 0.337 e. The van der Waals surface area contributed by atoms with E-state index >= 15 is 0 Å². The van der Waals surface area contributed by atoms with Crippen LogP contribution in [-0.4, -0.2) is 41.6 Å². The molecule has 39 heavy (non-hydrogen) atoms. The molecule has 3 aromatic rings. The molecule has 1 fully saturated rings. The largest absolute Gasteiger partial charge is 0.481 e. The van der Waals surface area contributed by atoms with E-state index in [1.165, 1.54) is 12.0 Å². The molecule has 1 N–H and O–H groups in total. The number of ether oxygens (including phenoxy) is 1. The number of carboxylic acid groups (broad SMARTS) is 1. The molecule has 1 saturated carbocycles. The number of benzene rings is 3. The summed E-state index contributed by atoms with van der Waals surface area (Å²) in [5.74, 6) is -2.81. The summed E-state index contributed by atoms with van der Waals surface area (Å²) >= 11 is 0. The molecule has 0 radical (unpaired) electrons. The van der Waals surface area contributed by atoms with Gasteiger partial charge in [0.05, 0.1) is 42.4 Å². The number of carboxylic acids is 1. The topological polar surface area (TPSA) is 113 Å². The number of aliphatic imine (C=N–C) groups is 1. The first-order chi connectivity index (χ1) is 18.9. The zero-order valence-corrected chi connectivity index (χ0v) is 21.4. The van der Waals surface area contributed by atoms with Crippen molar-refractivity contribution >= 4 is 40.7 Å². The highest BCUT2D eigenvalue weighted by Gasteiger charge is 2.46. The molecule has 5 rings (SSSR count). The fourth-order valence-electron chi connectivity index (χ4n) is 5.56. The first-order valence-corrected chi connectivity index (χ1v) is 12.8. The second kappa shape index (κ2) is 11.0.